The van der Waals surface area contributed by atoms with Crippen molar-refractivity contribution in [3.05, 3.63) is 29.3 Å². The van der Waals surface area contributed by atoms with E-state index in [2.05, 4.69) is 0 Å². The lowest BCUT2D eigenvalue weighted by Crippen LogP contribution is -2.42. The first-order valence-corrected chi connectivity index (χ1v) is 7.61. The minimum absolute atomic E-state index is 0.204. The van der Waals surface area contributed by atoms with Gasteiger partial charge in [-0.25, -0.2) is 8.42 Å². The molecule has 0 saturated carbocycles. The molecule has 0 radical (unpaired) electrons. The largest absolute Gasteiger partial charge is 0.392 e. The Morgan fingerprint density at radius 1 is 1.28 bits per heavy atom. The summed E-state index contributed by atoms with van der Waals surface area (Å²) in [5, 5.41) is 9.58. The second-order valence-corrected chi connectivity index (χ2v) is 6.84. The third-order valence-electron chi connectivity index (χ3n) is 3.48. The van der Waals surface area contributed by atoms with Gasteiger partial charge in [-0.1, -0.05) is 6.07 Å². The highest BCUT2D eigenvalue weighted by Crippen LogP contribution is 2.22. The van der Waals surface area contributed by atoms with Crippen LogP contribution in [0.1, 0.15) is 24.0 Å². The lowest BCUT2D eigenvalue weighted by Gasteiger charge is -2.29. The standard InChI is InChI=1S/C13H19NO3S/c1-10-5-6-13(8-11(10)2)18(16,17)14-7-3-4-12(15)9-14/h5-6,8,12,15H,3-4,7,9H2,1-2H3/t12-/m0/s1. The molecule has 1 atom stereocenters. The summed E-state index contributed by atoms with van der Waals surface area (Å²) in [6, 6.07) is 5.16. The second kappa shape index (κ2) is 4.99. The first-order chi connectivity index (χ1) is 8.41. The first kappa shape index (κ1) is 13.5. The van der Waals surface area contributed by atoms with Crippen LogP contribution in [0.3, 0.4) is 0 Å². The SMILES string of the molecule is Cc1ccc(S(=O)(=O)N2CCC[C@H](O)C2)cc1C. The molecule has 1 aromatic rings. The van der Waals surface area contributed by atoms with Crippen molar-refractivity contribution in [1.82, 2.24) is 4.31 Å². The molecule has 0 unspecified atom stereocenters. The number of aliphatic hydroxyl groups excluding tert-OH is 1. The molecule has 1 N–H and O–H groups in total. The van der Waals surface area contributed by atoms with E-state index in [0.29, 0.717) is 24.3 Å². The number of rotatable bonds is 2. The van der Waals surface area contributed by atoms with Crippen LogP contribution in [0, 0.1) is 13.8 Å². The molecule has 1 aliphatic heterocycles. The van der Waals surface area contributed by atoms with Crippen molar-refractivity contribution in [2.75, 3.05) is 13.1 Å². The van der Waals surface area contributed by atoms with Gasteiger partial charge in [0.2, 0.25) is 10.0 Å². The summed E-state index contributed by atoms with van der Waals surface area (Å²) in [6.45, 7) is 4.55. The summed E-state index contributed by atoms with van der Waals surface area (Å²) in [7, 11) is -3.46. The van der Waals surface area contributed by atoms with Crippen LogP contribution in [0.4, 0.5) is 0 Å². The number of aryl methyl sites for hydroxylation is 2. The average Bonchev–Trinajstić information content (AvgIpc) is 2.32. The Morgan fingerprint density at radius 2 is 2.00 bits per heavy atom. The number of β-amino-alcohol motifs (C(OH)–C–C–N with tert-alkyl or cyclic N) is 1. The highest BCUT2D eigenvalue weighted by Gasteiger charge is 2.29. The molecule has 2 rings (SSSR count). The zero-order chi connectivity index (χ0) is 13.3. The molecule has 18 heavy (non-hydrogen) atoms. The van der Waals surface area contributed by atoms with Crippen molar-refractivity contribution >= 4 is 10.0 Å². The Kier molecular flexibility index (Phi) is 3.75. The fourth-order valence-corrected chi connectivity index (χ4v) is 3.76. The zero-order valence-corrected chi connectivity index (χ0v) is 11.6. The van der Waals surface area contributed by atoms with Gasteiger partial charge in [0.1, 0.15) is 0 Å². The minimum atomic E-state index is -3.46. The van der Waals surface area contributed by atoms with E-state index in [9.17, 15) is 13.5 Å². The summed E-state index contributed by atoms with van der Waals surface area (Å²) in [6.07, 6.45) is 0.851. The predicted octanol–water partition coefficient (Wildman–Crippen LogP) is 1.45. The van der Waals surface area contributed by atoms with Gasteiger partial charge in [-0.2, -0.15) is 4.31 Å². The molecule has 0 amide bonds. The number of benzene rings is 1. The minimum Gasteiger partial charge on any atom is -0.392 e. The van der Waals surface area contributed by atoms with Crippen molar-refractivity contribution in [2.45, 2.75) is 37.7 Å². The third-order valence-corrected chi connectivity index (χ3v) is 5.34. The number of nitrogens with zero attached hydrogens (tertiary/aromatic N) is 1. The highest BCUT2D eigenvalue weighted by atomic mass is 32.2. The van der Waals surface area contributed by atoms with E-state index in [4.69, 9.17) is 0 Å². The number of aliphatic hydroxyl groups is 1. The van der Waals surface area contributed by atoms with Crippen LogP contribution in [0.25, 0.3) is 0 Å². The Bertz CT molecular complexity index is 539. The van der Waals surface area contributed by atoms with Crippen LogP contribution < -0.4 is 0 Å². The van der Waals surface area contributed by atoms with Crippen LogP contribution in [0.5, 0.6) is 0 Å². The van der Waals surface area contributed by atoms with E-state index >= 15 is 0 Å². The van der Waals surface area contributed by atoms with Gasteiger partial charge in [0, 0.05) is 13.1 Å². The molecular formula is C13H19NO3S. The van der Waals surface area contributed by atoms with Crippen molar-refractivity contribution in [3.8, 4) is 0 Å². The van der Waals surface area contributed by atoms with Crippen molar-refractivity contribution in [2.24, 2.45) is 0 Å². The molecule has 1 aromatic carbocycles. The van der Waals surface area contributed by atoms with Gasteiger partial charge >= 0.3 is 0 Å². The number of hydrogen-bond donors (Lipinski definition) is 1. The van der Waals surface area contributed by atoms with Crippen LogP contribution in [-0.2, 0) is 10.0 Å². The fraction of sp³-hybridized carbons (Fsp3) is 0.538. The predicted molar refractivity (Wildman–Crippen MR) is 69.9 cm³/mol. The maximum atomic E-state index is 12.4. The Morgan fingerprint density at radius 3 is 2.61 bits per heavy atom. The third kappa shape index (κ3) is 2.58. The molecule has 0 aliphatic carbocycles. The van der Waals surface area contributed by atoms with Crippen LogP contribution in [-0.4, -0.2) is 37.0 Å². The van der Waals surface area contributed by atoms with Crippen LogP contribution in [0.15, 0.2) is 23.1 Å². The van der Waals surface area contributed by atoms with Crippen molar-refractivity contribution in [3.63, 3.8) is 0 Å². The molecular weight excluding hydrogens is 250 g/mol. The first-order valence-electron chi connectivity index (χ1n) is 6.17. The Labute approximate surface area is 108 Å². The van der Waals surface area contributed by atoms with Crippen molar-refractivity contribution in [1.29, 1.82) is 0 Å². The monoisotopic (exact) mass is 269 g/mol. The molecule has 1 fully saturated rings. The summed E-state index contributed by atoms with van der Waals surface area (Å²) in [5.74, 6) is 0. The molecule has 0 bridgehead atoms. The fourth-order valence-electron chi connectivity index (χ4n) is 2.16. The average molecular weight is 269 g/mol. The van der Waals surface area contributed by atoms with Crippen LogP contribution >= 0.6 is 0 Å². The maximum absolute atomic E-state index is 12.4. The van der Waals surface area contributed by atoms with E-state index < -0.39 is 16.1 Å². The molecule has 1 aliphatic rings. The smallest absolute Gasteiger partial charge is 0.243 e. The molecule has 0 aromatic heterocycles. The molecule has 100 valence electrons. The summed E-state index contributed by atoms with van der Waals surface area (Å²) >= 11 is 0. The second-order valence-electron chi connectivity index (χ2n) is 4.91. The normalized spacial score (nSPS) is 22.1. The summed E-state index contributed by atoms with van der Waals surface area (Å²) in [5.41, 5.74) is 2.04. The Balaban J connectivity index is 2.32. The van der Waals surface area contributed by atoms with E-state index in [0.717, 1.165) is 11.1 Å². The number of hydrogen-bond acceptors (Lipinski definition) is 3. The van der Waals surface area contributed by atoms with Crippen LogP contribution in [0.2, 0.25) is 0 Å². The summed E-state index contributed by atoms with van der Waals surface area (Å²) < 4.78 is 26.2. The van der Waals surface area contributed by atoms with Gasteiger partial charge in [0.25, 0.3) is 0 Å². The quantitative estimate of drug-likeness (QED) is 0.884. The molecule has 1 saturated heterocycles. The van der Waals surface area contributed by atoms with Gasteiger partial charge in [-0.3, -0.25) is 0 Å². The summed E-state index contributed by atoms with van der Waals surface area (Å²) in [4.78, 5) is 0.319. The zero-order valence-electron chi connectivity index (χ0n) is 10.8. The van der Waals surface area contributed by atoms with E-state index in [1.54, 1.807) is 12.1 Å². The van der Waals surface area contributed by atoms with Gasteiger partial charge < -0.3 is 5.11 Å². The van der Waals surface area contributed by atoms with E-state index in [-0.39, 0.29) is 6.54 Å². The molecule has 4 nitrogen and oxygen atoms in total. The number of sulfonamides is 1. The Hall–Kier alpha value is -0.910. The van der Waals surface area contributed by atoms with E-state index in [1.165, 1.54) is 4.31 Å². The lowest BCUT2D eigenvalue weighted by molar-refractivity contribution is 0.108. The van der Waals surface area contributed by atoms with Gasteiger partial charge in [0.05, 0.1) is 11.0 Å². The molecule has 5 heteroatoms. The maximum Gasteiger partial charge on any atom is 0.243 e. The van der Waals surface area contributed by atoms with E-state index in [1.807, 2.05) is 19.9 Å². The van der Waals surface area contributed by atoms with Gasteiger partial charge in [-0.15, -0.1) is 0 Å². The van der Waals surface area contributed by atoms with Gasteiger partial charge in [0.15, 0.2) is 0 Å². The topological polar surface area (TPSA) is 57.6 Å². The van der Waals surface area contributed by atoms with Gasteiger partial charge in [-0.05, 0) is 49.9 Å². The lowest BCUT2D eigenvalue weighted by atomic mass is 10.1. The molecule has 1 heterocycles. The number of piperidine rings is 1. The highest BCUT2D eigenvalue weighted by molar-refractivity contribution is 7.89. The van der Waals surface area contributed by atoms with Crippen molar-refractivity contribution < 1.29 is 13.5 Å². The molecule has 0 spiro atoms.